The third kappa shape index (κ3) is 2.72. The van der Waals surface area contributed by atoms with E-state index in [1.165, 1.54) is 0 Å². The van der Waals surface area contributed by atoms with Gasteiger partial charge in [-0.15, -0.1) is 0 Å². The Morgan fingerprint density at radius 3 is 2.57 bits per heavy atom. The maximum atomic E-state index is 11.0. The summed E-state index contributed by atoms with van der Waals surface area (Å²) < 4.78 is 0. The van der Waals surface area contributed by atoms with E-state index in [2.05, 4.69) is 5.32 Å². The van der Waals surface area contributed by atoms with E-state index in [1.807, 2.05) is 6.07 Å². The molecule has 0 unspecified atom stereocenters. The lowest BCUT2D eigenvalue weighted by Crippen LogP contribution is -2.11. The number of hydrogen-bond acceptors (Lipinski definition) is 3. The first kappa shape index (κ1) is 9.93. The van der Waals surface area contributed by atoms with Crippen LogP contribution in [0.25, 0.3) is 0 Å². The molecule has 0 heterocycles. The van der Waals surface area contributed by atoms with Gasteiger partial charge in [0.1, 0.15) is 6.29 Å². The van der Waals surface area contributed by atoms with Gasteiger partial charge in [-0.1, -0.05) is 0 Å². The molecule has 0 aliphatic heterocycles. The normalized spacial score (nSPS) is 8.79. The molecular formula is C10H8N2O2. The highest BCUT2D eigenvalue weighted by atomic mass is 16.2. The Hall–Kier alpha value is -2.15. The molecule has 0 fully saturated rings. The molecule has 4 nitrogen and oxygen atoms in total. The number of rotatable bonds is 3. The Morgan fingerprint density at radius 1 is 1.43 bits per heavy atom. The summed E-state index contributed by atoms with van der Waals surface area (Å²) in [5, 5.41) is 11.0. The standard InChI is InChI=1S/C10H8N2O2/c11-7-8-1-3-9(4-2-8)12-10(14)5-6-13/h1-4,6H,5H2,(H,12,14). The highest BCUT2D eigenvalue weighted by molar-refractivity contribution is 5.97. The molecule has 0 saturated heterocycles. The predicted octanol–water partition coefficient (Wildman–Crippen LogP) is 1.09. The molecule has 1 amide bonds. The van der Waals surface area contributed by atoms with Crippen molar-refractivity contribution in [3.8, 4) is 6.07 Å². The third-order valence-electron chi connectivity index (χ3n) is 1.57. The van der Waals surface area contributed by atoms with Crippen molar-refractivity contribution in [2.24, 2.45) is 0 Å². The average Bonchev–Trinajstić information content (AvgIpc) is 2.19. The Labute approximate surface area is 81.2 Å². The van der Waals surface area contributed by atoms with Crippen LogP contribution in [0.3, 0.4) is 0 Å². The van der Waals surface area contributed by atoms with E-state index in [9.17, 15) is 9.59 Å². The summed E-state index contributed by atoms with van der Waals surface area (Å²) in [5.41, 5.74) is 1.11. The van der Waals surface area contributed by atoms with Crippen LogP contribution in [0.2, 0.25) is 0 Å². The fraction of sp³-hybridized carbons (Fsp3) is 0.100. The number of hydrogen-bond donors (Lipinski definition) is 1. The van der Waals surface area contributed by atoms with Gasteiger partial charge in [0.15, 0.2) is 0 Å². The monoisotopic (exact) mass is 188 g/mol. The second-order valence-electron chi connectivity index (χ2n) is 2.61. The highest BCUT2D eigenvalue weighted by Gasteiger charge is 2.00. The van der Waals surface area contributed by atoms with Gasteiger partial charge in [-0.25, -0.2) is 0 Å². The largest absolute Gasteiger partial charge is 0.326 e. The molecule has 0 aliphatic carbocycles. The van der Waals surface area contributed by atoms with Crippen molar-refractivity contribution in [3.63, 3.8) is 0 Å². The Morgan fingerprint density at radius 2 is 2.07 bits per heavy atom. The van der Waals surface area contributed by atoms with Crippen LogP contribution in [-0.4, -0.2) is 12.2 Å². The van der Waals surface area contributed by atoms with Crippen molar-refractivity contribution in [2.45, 2.75) is 6.42 Å². The molecule has 0 radical (unpaired) electrons. The van der Waals surface area contributed by atoms with Crippen molar-refractivity contribution in [1.82, 2.24) is 0 Å². The van der Waals surface area contributed by atoms with Gasteiger partial charge in [-0.05, 0) is 24.3 Å². The molecule has 0 atom stereocenters. The first-order valence-corrected chi connectivity index (χ1v) is 4.00. The summed E-state index contributed by atoms with van der Waals surface area (Å²) in [5.74, 6) is -0.357. The molecule has 70 valence electrons. The molecule has 4 heteroatoms. The number of aldehydes is 1. The Bertz CT molecular complexity index is 376. The zero-order valence-corrected chi connectivity index (χ0v) is 7.36. The van der Waals surface area contributed by atoms with Gasteiger partial charge in [-0.2, -0.15) is 5.26 Å². The Kier molecular flexibility index (Phi) is 3.39. The summed E-state index contributed by atoms with van der Waals surface area (Å²) in [6, 6.07) is 8.38. The van der Waals surface area contributed by atoms with Crippen LogP contribution in [0.5, 0.6) is 0 Å². The summed E-state index contributed by atoms with van der Waals surface area (Å²) in [7, 11) is 0. The van der Waals surface area contributed by atoms with Gasteiger partial charge in [0, 0.05) is 5.69 Å². The lowest BCUT2D eigenvalue weighted by atomic mass is 10.2. The zero-order chi connectivity index (χ0) is 10.4. The zero-order valence-electron chi connectivity index (χ0n) is 7.36. The van der Waals surface area contributed by atoms with E-state index in [-0.39, 0.29) is 12.3 Å². The Balaban J connectivity index is 2.65. The third-order valence-corrected chi connectivity index (χ3v) is 1.57. The topological polar surface area (TPSA) is 70.0 Å². The van der Waals surface area contributed by atoms with E-state index in [0.29, 0.717) is 17.5 Å². The number of nitrogens with one attached hydrogen (secondary N) is 1. The van der Waals surface area contributed by atoms with Crippen molar-refractivity contribution in [2.75, 3.05) is 5.32 Å². The smallest absolute Gasteiger partial charge is 0.231 e. The lowest BCUT2D eigenvalue weighted by molar-refractivity contribution is -0.119. The number of nitrogens with zero attached hydrogens (tertiary/aromatic N) is 1. The fourth-order valence-electron chi connectivity index (χ4n) is 0.916. The minimum atomic E-state index is -0.357. The number of carbonyl (C=O) groups is 2. The summed E-state index contributed by atoms with van der Waals surface area (Å²) in [4.78, 5) is 21.0. The summed E-state index contributed by atoms with van der Waals surface area (Å²) in [6.07, 6.45) is 0.388. The van der Waals surface area contributed by atoms with Crippen molar-refractivity contribution in [1.29, 1.82) is 5.26 Å². The first-order chi connectivity index (χ1) is 6.76. The highest BCUT2D eigenvalue weighted by Crippen LogP contribution is 2.08. The van der Waals surface area contributed by atoms with Crippen LogP contribution >= 0.6 is 0 Å². The van der Waals surface area contributed by atoms with Crippen LogP contribution in [0.15, 0.2) is 24.3 Å². The number of benzene rings is 1. The van der Waals surface area contributed by atoms with Crippen LogP contribution in [-0.2, 0) is 9.59 Å². The van der Waals surface area contributed by atoms with E-state index >= 15 is 0 Å². The summed E-state index contributed by atoms with van der Waals surface area (Å²) >= 11 is 0. The van der Waals surface area contributed by atoms with Crippen LogP contribution in [0, 0.1) is 11.3 Å². The van der Waals surface area contributed by atoms with Gasteiger partial charge in [0.25, 0.3) is 0 Å². The van der Waals surface area contributed by atoms with Crippen molar-refractivity contribution < 1.29 is 9.59 Å². The number of anilines is 1. The molecule has 0 spiro atoms. The number of carbonyl (C=O) groups excluding carboxylic acids is 2. The van der Waals surface area contributed by atoms with Crippen LogP contribution in [0.4, 0.5) is 5.69 Å². The lowest BCUT2D eigenvalue weighted by Gasteiger charge is -2.01. The van der Waals surface area contributed by atoms with Crippen molar-refractivity contribution >= 4 is 17.9 Å². The van der Waals surface area contributed by atoms with Crippen LogP contribution in [0.1, 0.15) is 12.0 Å². The minimum Gasteiger partial charge on any atom is -0.326 e. The van der Waals surface area contributed by atoms with E-state index in [1.54, 1.807) is 24.3 Å². The average molecular weight is 188 g/mol. The first-order valence-electron chi connectivity index (χ1n) is 4.00. The van der Waals surface area contributed by atoms with Gasteiger partial charge in [0.2, 0.25) is 5.91 Å². The second kappa shape index (κ2) is 4.77. The molecule has 1 aromatic rings. The van der Waals surface area contributed by atoms with Crippen LogP contribution < -0.4 is 5.32 Å². The number of amides is 1. The van der Waals surface area contributed by atoms with Gasteiger partial charge in [-0.3, -0.25) is 4.79 Å². The fourth-order valence-corrected chi connectivity index (χ4v) is 0.916. The molecule has 0 aromatic heterocycles. The summed E-state index contributed by atoms with van der Waals surface area (Å²) in [6.45, 7) is 0. The van der Waals surface area contributed by atoms with Crippen molar-refractivity contribution in [3.05, 3.63) is 29.8 Å². The molecule has 0 aliphatic rings. The SMILES string of the molecule is N#Cc1ccc(NC(=O)CC=O)cc1. The minimum absolute atomic E-state index is 0.153. The quantitative estimate of drug-likeness (QED) is 0.570. The maximum Gasteiger partial charge on any atom is 0.231 e. The van der Waals surface area contributed by atoms with Gasteiger partial charge < -0.3 is 10.1 Å². The van der Waals surface area contributed by atoms with E-state index in [0.717, 1.165) is 0 Å². The molecule has 1 N–H and O–H groups in total. The molecule has 0 bridgehead atoms. The molecule has 0 saturated carbocycles. The van der Waals surface area contributed by atoms with Gasteiger partial charge >= 0.3 is 0 Å². The molecule has 14 heavy (non-hydrogen) atoms. The van der Waals surface area contributed by atoms with E-state index < -0.39 is 0 Å². The molecule has 1 aromatic carbocycles. The van der Waals surface area contributed by atoms with E-state index in [4.69, 9.17) is 5.26 Å². The maximum absolute atomic E-state index is 11.0. The predicted molar refractivity (Wildman–Crippen MR) is 50.5 cm³/mol. The molecular weight excluding hydrogens is 180 g/mol. The molecule has 1 rings (SSSR count). The number of nitriles is 1. The van der Waals surface area contributed by atoms with Gasteiger partial charge in [0.05, 0.1) is 18.1 Å². The second-order valence-corrected chi connectivity index (χ2v) is 2.61.